The smallest absolute Gasteiger partial charge is 0.252 e. The number of halogens is 1. The van der Waals surface area contributed by atoms with Crippen LogP contribution in [0.1, 0.15) is 34.8 Å². The molecule has 3 aromatic rings. The minimum atomic E-state index is -0.262. The number of amides is 1. The van der Waals surface area contributed by atoms with Gasteiger partial charge < -0.3 is 5.32 Å². The third-order valence-corrected chi connectivity index (χ3v) is 5.05. The third-order valence-electron chi connectivity index (χ3n) is 5.05. The molecule has 1 saturated heterocycles. The Kier molecular flexibility index (Phi) is 5.38. The highest BCUT2D eigenvalue weighted by molar-refractivity contribution is 6.00. The van der Waals surface area contributed by atoms with Crippen LogP contribution in [0.25, 0.3) is 11.4 Å². The molecule has 28 heavy (non-hydrogen) atoms. The van der Waals surface area contributed by atoms with Crippen LogP contribution in [0.5, 0.6) is 0 Å². The number of rotatable bonds is 6. The number of H-pyrrole nitrogens is 1. The predicted molar refractivity (Wildman–Crippen MR) is 102 cm³/mol. The largest absolute Gasteiger partial charge is 0.350 e. The van der Waals surface area contributed by atoms with Gasteiger partial charge in [0.1, 0.15) is 5.82 Å². The van der Waals surface area contributed by atoms with E-state index >= 15 is 0 Å². The van der Waals surface area contributed by atoms with Gasteiger partial charge in [-0.2, -0.15) is 5.21 Å². The summed E-state index contributed by atoms with van der Waals surface area (Å²) in [6.07, 6.45) is 2.26. The standard InChI is InChI=1S/C20H21FN6O/c21-15-9-7-14(8-10-15)18(27-11-3-4-12-27)13-22-20(28)17-6-2-1-5-16(17)19-23-25-26-24-19/h1-2,5-10,18H,3-4,11-13H2,(H,22,28)(H,23,24,25,26)/t18-/m0/s1. The Labute approximate surface area is 162 Å². The maximum atomic E-state index is 13.3. The van der Waals surface area contributed by atoms with Crippen LogP contribution >= 0.6 is 0 Å². The molecule has 0 spiro atoms. The van der Waals surface area contributed by atoms with Gasteiger partial charge in [-0.1, -0.05) is 30.3 Å². The zero-order chi connectivity index (χ0) is 19.3. The molecule has 0 saturated carbocycles. The number of tetrazole rings is 1. The second-order valence-electron chi connectivity index (χ2n) is 6.80. The van der Waals surface area contributed by atoms with Gasteiger partial charge in [-0.05, 0) is 54.9 Å². The molecule has 2 heterocycles. The fourth-order valence-corrected chi connectivity index (χ4v) is 3.63. The average molecular weight is 380 g/mol. The zero-order valence-electron chi connectivity index (χ0n) is 15.3. The molecule has 7 nitrogen and oxygen atoms in total. The summed E-state index contributed by atoms with van der Waals surface area (Å²) in [5, 5.41) is 17.0. The highest BCUT2D eigenvalue weighted by Gasteiger charge is 2.25. The van der Waals surface area contributed by atoms with Crippen LogP contribution in [0.2, 0.25) is 0 Å². The molecule has 8 heteroatoms. The maximum absolute atomic E-state index is 13.3. The van der Waals surface area contributed by atoms with Crippen LogP contribution in [0.3, 0.4) is 0 Å². The summed E-state index contributed by atoms with van der Waals surface area (Å²) in [6.45, 7) is 2.37. The monoisotopic (exact) mass is 380 g/mol. The van der Waals surface area contributed by atoms with Crippen LogP contribution in [0.4, 0.5) is 4.39 Å². The number of hydrogen-bond donors (Lipinski definition) is 2. The minimum Gasteiger partial charge on any atom is -0.350 e. The lowest BCUT2D eigenvalue weighted by Gasteiger charge is -2.28. The maximum Gasteiger partial charge on any atom is 0.252 e. The summed E-state index contributed by atoms with van der Waals surface area (Å²) in [7, 11) is 0. The molecule has 144 valence electrons. The first kappa shape index (κ1) is 18.2. The van der Waals surface area contributed by atoms with Crippen molar-refractivity contribution in [1.29, 1.82) is 0 Å². The van der Waals surface area contributed by atoms with Gasteiger partial charge in [0.2, 0.25) is 5.82 Å². The lowest BCUT2D eigenvalue weighted by atomic mass is 10.0. The van der Waals surface area contributed by atoms with Crippen LogP contribution in [-0.4, -0.2) is 51.1 Å². The molecular formula is C20H21FN6O. The summed E-state index contributed by atoms with van der Waals surface area (Å²) >= 11 is 0. The van der Waals surface area contributed by atoms with Gasteiger partial charge in [0.25, 0.3) is 5.91 Å². The van der Waals surface area contributed by atoms with E-state index in [0.29, 0.717) is 23.5 Å². The molecule has 1 aliphatic rings. The number of aromatic nitrogens is 4. The van der Waals surface area contributed by atoms with Crippen molar-refractivity contribution in [2.45, 2.75) is 18.9 Å². The summed E-state index contributed by atoms with van der Waals surface area (Å²) in [6, 6.07) is 13.7. The van der Waals surface area contributed by atoms with Gasteiger partial charge in [0, 0.05) is 12.1 Å². The fraction of sp³-hybridized carbons (Fsp3) is 0.300. The molecule has 1 aromatic heterocycles. The molecule has 1 amide bonds. The summed E-state index contributed by atoms with van der Waals surface area (Å²) in [5.41, 5.74) is 2.10. The van der Waals surface area contributed by atoms with E-state index in [1.165, 1.54) is 12.1 Å². The number of nitrogens with one attached hydrogen (secondary N) is 2. The molecule has 2 N–H and O–H groups in total. The molecule has 0 radical (unpaired) electrons. The molecule has 1 fully saturated rings. The van der Waals surface area contributed by atoms with Crippen LogP contribution < -0.4 is 5.32 Å². The van der Waals surface area contributed by atoms with Crippen molar-refractivity contribution in [2.75, 3.05) is 19.6 Å². The first-order chi connectivity index (χ1) is 13.7. The quantitative estimate of drug-likeness (QED) is 0.686. The Morgan fingerprint density at radius 3 is 2.61 bits per heavy atom. The molecule has 1 atom stereocenters. The summed E-state index contributed by atoms with van der Waals surface area (Å²) in [5.74, 6) is -0.0888. The number of carbonyl (C=O) groups excluding carboxylic acids is 1. The van der Waals surface area contributed by atoms with Crippen molar-refractivity contribution < 1.29 is 9.18 Å². The topological polar surface area (TPSA) is 86.8 Å². The van der Waals surface area contributed by atoms with Gasteiger partial charge >= 0.3 is 0 Å². The van der Waals surface area contributed by atoms with E-state index in [9.17, 15) is 9.18 Å². The Balaban J connectivity index is 1.53. The molecule has 0 aliphatic carbocycles. The second kappa shape index (κ2) is 8.26. The van der Waals surface area contributed by atoms with Gasteiger partial charge in [0.05, 0.1) is 11.6 Å². The third kappa shape index (κ3) is 3.91. The Bertz CT molecular complexity index is 922. The van der Waals surface area contributed by atoms with Gasteiger partial charge in [0.15, 0.2) is 0 Å². The molecule has 0 bridgehead atoms. The van der Waals surface area contributed by atoms with Crippen molar-refractivity contribution in [3.63, 3.8) is 0 Å². The van der Waals surface area contributed by atoms with E-state index in [1.807, 2.05) is 6.07 Å². The Morgan fingerprint density at radius 2 is 1.89 bits per heavy atom. The van der Waals surface area contributed by atoms with E-state index in [1.54, 1.807) is 30.3 Å². The first-order valence-corrected chi connectivity index (χ1v) is 9.33. The van der Waals surface area contributed by atoms with Gasteiger partial charge in [-0.15, -0.1) is 10.2 Å². The summed E-state index contributed by atoms with van der Waals surface area (Å²) in [4.78, 5) is 15.2. The zero-order valence-corrected chi connectivity index (χ0v) is 15.3. The molecule has 0 unspecified atom stereocenters. The number of benzene rings is 2. The molecule has 1 aliphatic heterocycles. The Hall–Kier alpha value is -3.13. The second-order valence-corrected chi connectivity index (χ2v) is 6.80. The van der Waals surface area contributed by atoms with Crippen molar-refractivity contribution >= 4 is 5.91 Å². The highest BCUT2D eigenvalue weighted by Crippen LogP contribution is 2.25. The highest BCUT2D eigenvalue weighted by atomic mass is 19.1. The minimum absolute atomic E-state index is 0.00406. The lowest BCUT2D eigenvalue weighted by Crippen LogP contribution is -2.37. The van der Waals surface area contributed by atoms with Crippen LogP contribution in [-0.2, 0) is 0 Å². The SMILES string of the molecule is O=C(NC[C@@H](c1ccc(F)cc1)N1CCCC1)c1ccccc1-c1nn[nH]n1. The molecule has 2 aromatic carbocycles. The van der Waals surface area contributed by atoms with E-state index in [2.05, 4.69) is 30.8 Å². The Morgan fingerprint density at radius 1 is 1.14 bits per heavy atom. The average Bonchev–Trinajstić information content (AvgIpc) is 3.44. The normalized spacial score (nSPS) is 15.5. The van der Waals surface area contributed by atoms with Crippen LogP contribution in [0, 0.1) is 5.82 Å². The van der Waals surface area contributed by atoms with E-state index in [-0.39, 0.29) is 17.8 Å². The van der Waals surface area contributed by atoms with Gasteiger partial charge in [-0.3, -0.25) is 9.69 Å². The lowest BCUT2D eigenvalue weighted by molar-refractivity contribution is 0.0938. The van der Waals surface area contributed by atoms with Crippen molar-refractivity contribution in [1.82, 2.24) is 30.8 Å². The molecule has 4 rings (SSSR count). The number of nitrogens with zero attached hydrogens (tertiary/aromatic N) is 4. The van der Waals surface area contributed by atoms with Crippen molar-refractivity contribution in [3.8, 4) is 11.4 Å². The van der Waals surface area contributed by atoms with E-state index in [0.717, 1.165) is 31.5 Å². The number of hydrogen-bond acceptors (Lipinski definition) is 5. The molecular weight excluding hydrogens is 359 g/mol. The number of likely N-dealkylation sites (tertiary alicyclic amines) is 1. The predicted octanol–water partition coefficient (Wildman–Crippen LogP) is 2.57. The van der Waals surface area contributed by atoms with E-state index in [4.69, 9.17) is 0 Å². The van der Waals surface area contributed by atoms with Crippen molar-refractivity contribution in [3.05, 3.63) is 65.5 Å². The number of aromatic amines is 1. The van der Waals surface area contributed by atoms with Crippen LogP contribution in [0.15, 0.2) is 48.5 Å². The first-order valence-electron chi connectivity index (χ1n) is 9.33. The van der Waals surface area contributed by atoms with Crippen molar-refractivity contribution in [2.24, 2.45) is 0 Å². The van der Waals surface area contributed by atoms with E-state index < -0.39 is 0 Å². The van der Waals surface area contributed by atoms with Gasteiger partial charge in [-0.25, -0.2) is 4.39 Å². The number of carbonyl (C=O) groups is 1. The summed E-state index contributed by atoms with van der Waals surface area (Å²) < 4.78 is 13.3. The fourth-order valence-electron chi connectivity index (χ4n) is 3.63.